The fourth-order valence-electron chi connectivity index (χ4n) is 2.54. The van der Waals surface area contributed by atoms with Crippen molar-refractivity contribution >= 4 is 27.8 Å². The lowest BCUT2D eigenvalue weighted by Gasteiger charge is -2.25. The zero-order chi connectivity index (χ0) is 19.1. The molecule has 0 aliphatic rings. The maximum Gasteiger partial charge on any atom is 0.310 e. The lowest BCUT2D eigenvalue weighted by molar-refractivity contribution is -0.146. The number of nitrogens with zero attached hydrogens (tertiary/aromatic N) is 2. The predicted molar refractivity (Wildman–Crippen MR) is 101 cm³/mol. The van der Waals surface area contributed by atoms with Crippen LogP contribution < -0.4 is 5.56 Å². The molecule has 2 aromatic rings. The van der Waals surface area contributed by atoms with Gasteiger partial charge in [-0.25, -0.2) is 0 Å². The summed E-state index contributed by atoms with van der Waals surface area (Å²) in [5.41, 5.74) is 0.682. The molecule has 1 amide bonds. The molecular weight excluding hydrogens is 400 g/mol. The van der Waals surface area contributed by atoms with Gasteiger partial charge in [-0.2, -0.15) is 0 Å². The number of carbonyl (C=O) groups excluding carboxylic acids is 2. The number of ether oxygens (including phenoxy) is 1. The van der Waals surface area contributed by atoms with Gasteiger partial charge in [0.05, 0.1) is 13.0 Å². The van der Waals surface area contributed by atoms with Crippen LogP contribution in [0.5, 0.6) is 0 Å². The van der Waals surface area contributed by atoms with E-state index in [4.69, 9.17) is 4.74 Å². The molecule has 1 atom stereocenters. The molecule has 138 valence electrons. The number of hydrogen-bond acceptors (Lipinski definition) is 4. The van der Waals surface area contributed by atoms with Gasteiger partial charge in [0, 0.05) is 29.8 Å². The van der Waals surface area contributed by atoms with E-state index < -0.39 is 5.92 Å². The van der Waals surface area contributed by atoms with Crippen LogP contribution in [-0.4, -0.2) is 35.0 Å². The summed E-state index contributed by atoms with van der Waals surface area (Å²) < 4.78 is 6.81. The van der Waals surface area contributed by atoms with Gasteiger partial charge in [-0.3, -0.25) is 14.4 Å². The average molecular weight is 421 g/mol. The van der Waals surface area contributed by atoms with Crippen molar-refractivity contribution in [3.05, 3.63) is 69.1 Å². The molecule has 1 aromatic carbocycles. The van der Waals surface area contributed by atoms with Crippen LogP contribution in [0.25, 0.3) is 0 Å². The first-order valence-electron chi connectivity index (χ1n) is 8.16. The molecule has 7 heteroatoms. The zero-order valence-electron chi connectivity index (χ0n) is 14.7. The third-order valence-electron chi connectivity index (χ3n) is 3.92. The van der Waals surface area contributed by atoms with Crippen LogP contribution in [0.2, 0.25) is 0 Å². The van der Waals surface area contributed by atoms with E-state index in [2.05, 4.69) is 15.9 Å². The first-order chi connectivity index (χ1) is 12.4. The van der Waals surface area contributed by atoms with Crippen LogP contribution in [0.3, 0.4) is 0 Å². The Kier molecular flexibility index (Phi) is 7.15. The standard InChI is InChI=1S/C19H21BrN2O4/c1-14(19(25)26-2)10-21(11-15-6-4-3-5-7-15)18(24)13-22-12-16(20)8-9-17(22)23/h3-9,12,14H,10-11,13H2,1-2H3. The molecule has 1 unspecified atom stereocenters. The molecular formula is C19H21BrN2O4. The molecule has 2 rings (SSSR count). The normalized spacial score (nSPS) is 11.7. The molecule has 0 aliphatic carbocycles. The Morgan fingerprint density at radius 2 is 1.88 bits per heavy atom. The van der Waals surface area contributed by atoms with Crippen molar-refractivity contribution in [3.63, 3.8) is 0 Å². The Morgan fingerprint density at radius 3 is 2.54 bits per heavy atom. The van der Waals surface area contributed by atoms with Crippen LogP contribution in [0.1, 0.15) is 12.5 Å². The van der Waals surface area contributed by atoms with Gasteiger partial charge in [0.2, 0.25) is 5.91 Å². The third kappa shape index (κ3) is 5.56. The number of rotatable bonds is 7. The highest BCUT2D eigenvalue weighted by Crippen LogP contribution is 2.11. The molecule has 0 aliphatic heterocycles. The number of halogens is 1. The molecule has 0 N–H and O–H groups in total. The van der Waals surface area contributed by atoms with Gasteiger partial charge < -0.3 is 14.2 Å². The second-order valence-corrected chi connectivity index (χ2v) is 6.91. The fourth-order valence-corrected chi connectivity index (χ4v) is 2.92. The van der Waals surface area contributed by atoms with Crippen molar-refractivity contribution in [2.45, 2.75) is 20.0 Å². The first kappa shape index (κ1) is 19.9. The largest absolute Gasteiger partial charge is 0.469 e. The molecule has 0 saturated heterocycles. The summed E-state index contributed by atoms with van der Waals surface area (Å²) in [5, 5.41) is 0. The van der Waals surface area contributed by atoms with Crippen LogP contribution >= 0.6 is 15.9 Å². The summed E-state index contributed by atoms with van der Waals surface area (Å²) in [7, 11) is 1.32. The van der Waals surface area contributed by atoms with E-state index in [-0.39, 0.29) is 30.5 Å². The van der Waals surface area contributed by atoms with Gasteiger partial charge in [-0.1, -0.05) is 37.3 Å². The van der Waals surface area contributed by atoms with Crippen molar-refractivity contribution in [1.29, 1.82) is 0 Å². The Bertz CT molecular complexity index is 820. The Hall–Kier alpha value is -2.41. The van der Waals surface area contributed by atoms with Crippen LogP contribution in [0.4, 0.5) is 0 Å². The average Bonchev–Trinajstić information content (AvgIpc) is 2.64. The fraction of sp³-hybridized carbons (Fsp3) is 0.316. The lowest BCUT2D eigenvalue weighted by Crippen LogP contribution is -2.40. The van der Waals surface area contributed by atoms with E-state index in [1.807, 2.05) is 30.3 Å². The van der Waals surface area contributed by atoms with E-state index in [0.29, 0.717) is 11.0 Å². The second-order valence-electron chi connectivity index (χ2n) is 6.00. The SMILES string of the molecule is COC(=O)C(C)CN(Cc1ccccc1)C(=O)Cn1cc(Br)ccc1=O. The van der Waals surface area contributed by atoms with Gasteiger partial charge in [0.25, 0.3) is 5.56 Å². The summed E-state index contributed by atoms with van der Waals surface area (Å²) in [5.74, 6) is -1.09. The number of benzene rings is 1. The van der Waals surface area contributed by atoms with Crippen molar-refractivity contribution in [2.24, 2.45) is 5.92 Å². The minimum absolute atomic E-state index is 0.0982. The van der Waals surface area contributed by atoms with Crippen molar-refractivity contribution in [3.8, 4) is 0 Å². The second kappa shape index (κ2) is 9.33. The lowest BCUT2D eigenvalue weighted by atomic mass is 10.1. The molecule has 0 saturated carbocycles. The summed E-state index contributed by atoms with van der Waals surface area (Å²) >= 11 is 3.30. The topological polar surface area (TPSA) is 68.6 Å². The number of esters is 1. The van der Waals surface area contributed by atoms with E-state index in [1.54, 1.807) is 24.1 Å². The zero-order valence-corrected chi connectivity index (χ0v) is 16.3. The minimum atomic E-state index is -0.466. The number of methoxy groups -OCH3 is 1. The molecule has 26 heavy (non-hydrogen) atoms. The molecule has 1 heterocycles. The quantitative estimate of drug-likeness (QED) is 0.645. The molecule has 1 aromatic heterocycles. The predicted octanol–water partition coefficient (Wildman–Crippen LogP) is 2.45. The number of aromatic nitrogens is 1. The van der Waals surface area contributed by atoms with Gasteiger partial charge >= 0.3 is 5.97 Å². The Morgan fingerprint density at radius 1 is 1.19 bits per heavy atom. The van der Waals surface area contributed by atoms with E-state index in [1.165, 1.54) is 17.7 Å². The number of amides is 1. The Balaban J connectivity index is 2.20. The highest BCUT2D eigenvalue weighted by molar-refractivity contribution is 9.10. The monoisotopic (exact) mass is 420 g/mol. The highest BCUT2D eigenvalue weighted by atomic mass is 79.9. The highest BCUT2D eigenvalue weighted by Gasteiger charge is 2.22. The molecule has 6 nitrogen and oxygen atoms in total. The van der Waals surface area contributed by atoms with E-state index >= 15 is 0 Å². The molecule has 0 radical (unpaired) electrons. The number of hydrogen-bond donors (Lipinski definition) is 0. The minimum Gasteiger partial charge on any atom is -0.469 e. The molecule has 0 fully saturated rings. The van der Waals surface area contributed by atoms with E-state index in [9.17, 15) is 14.4 Å². The van der Waals surface area contributed by atoms with Gasteiger partial charge in [0.15, 0.2) is 0 Å². The van der Waals surface area contributed by atoms with Crippen LogP contribution in [0.15, 0.2) is 57.9 Å². The van der Waals surface area contributed by atoms with Crippen LogP contribution in [0, 0.1) is 5.92 Å². The van der Waals surface area contributed by atoms with Crippen molar-refractivity contribution in [1.82, 2.24) is 9.47 Å². The third-order valence-corrected chi connectivity index (χ3v) is 4.39. The van der Waals surface area contributed by atoms with E-state index in [0.717, 1.165) is 5.56 Å². The van der Waals surface area contributed by atoms with Gasteiger partial charge in [0.1, 0.15) is 6.54 Å². The van der Waals surface area contributed by atoms with Crippen molar-refractivity contribution < 1.29 is 14.3 Å². The van der Waals surface area contributed by atoms with Crippen molar-refractivity contribution in [2.75, 3.05) is 13.7 Å². The Labute approximate surface area is 160 Å². The molecule has 0 bridgehead atoms. The van der Waals surface area contributed by atoms with Gasteiger partial charge in [-0.15, -0.1) is 0 Å². The molecule has 0 spiro atoms. The maximum atomic E-state index is 12.8. The van der Waals surface area contributed by atoms with Crippen LogP contribution in [-0.2, 0) is 27.4 Å². The first-order valence-corrected chi connectivity index (χ1v) is 8.95. The maximum absolute atomic E-state index is 12.8. The summed E-state index contributed by atoms with van der Waals surface area (Å²) in [4.78, 5) is 38.1. The summed E-state index contributed by atoms with van der Waals surface area (Å²) in [6.45, 7) is 2.17. The summed E-state index contributed by atoms with van der Waals surface area (Å²) in [6, 6.07) is 12.5. The van der Waals surface area contributed by atoms with Gasteiger partial charge in [-0.05, 0) is 27.6 Å². The summed E-state index contributed by atoms with van der Waals surface area (Å²) in [6.07, 6.45) is 1.57. The number of pyridine rings is 1. The number of carbonyl (C=O) groups is 2. The smallest absolute Gasteiger partial charge is 0.310 e.